The summed E-state index contributed by atoms with van der Waals surface area (Å²) in [5.41, 5.74) is 14.7. The Kier molecular flexibility index (Phi) is 39.4. The number of amides is 4. The molecule has 4 aliphatic carbocycles. The zero-order valence-electron chi connectivity index (χ0n) is 80.0. The van der Waals surface area contributed by atoms with Crippen molar-refractivity contribution in [3.05, 3.63) is 359 Å². The third-order valence-electron chi connectivity index (χ3n) is 25.2. The van der Waals surface area contributed by atoms with Crippen molar-refractivity contribution < 1.29 is 90.9 Å². The van der Waals surface area contributed by atoms with Crippen LogP contribution in [0.15, 0.2) is 291 Å². The van der Waals surface area contributed by atoms with Gasteiger partial charge in [-0.2, -0.15) is 0 Å². The topological polar surface area (TPSA) is 267 Å². The maximum Gasteiger partial charge on any atom is 0.303 e. The third kappa shape index (κ3) is 32.8. The van der Waals surface area contributed by atoms with Crippen LogP contribution in [0.2, 0.25) is 0 Å². The Morgan fingerprint density at radius 3 is 0.816 bits per heavy atom. The van der Waals surface area contributed by atoms with Crippen molar-refractivity contribution in [2.24, 2.45) is 0 Å². The summed E-state index contributed by atoms with van der Waals surface area (Å²) >= 11 is 0. The van der Waals surface area contributed by atoms with Crippen LogP contribution in [0.4, 0.5) is 13.2 Å². The fourth-order valence-electron chi connectivity index (χ4n) is 16.8. The molecule has 0 heterocycles. The molecule has 4 saturated carbocycles. The number of aliphatic carboxylic acids is 4. The normalized spacial score (nSPS) is 12.8. The van der Waals surface area contributed by atoms with Crippen LogP contribution in [0.1, 0.15) is 230 Å². The molecule has 0 radical (unpaired) electrons. The van der Waals surface area contributed by atoms with Gasteiger partial charge in [-0.15, -0.1) is 0 Å². The number of carbonyl (C=O) groups is 8. The first-order valence-corrected chi connectivity index (χ1v) is 49.3. The summed E-state index contributed by atoms with van der Waals surface area (Å²) < 4.78 is 64.9. The molecule has 4 N–H and O–H groups in total. The average molecular weight is 1910 g/mol. The summed E-state index contributed by atoms with van der Waals surface area (Å²) in [5, 5.41) is 35.0. The first-order valence-electron chi connectivity index (χ1n) is 49.3. The van der Waals surface area contributed by atoms with Gasteiger partial charge in [0.25, 0.3) is 23.6 Å². The number of unbranched alkanes of at least 4 members (excludes halogenated alkanes) is 8. The van der Waals surface area contributed by atoms with Gasteiger partial charge in [-0.05, 0) is 282 Å². The molecule has 141 heavy (non-hydrogen) atoms. The number of hydrogen-bond acceptors (Lipinski definition) is 12. The summed E-state index contributed by atoms with van der Waals surface area (Å²) in [7, 11) is 0. The van der Waals surface area contributed by atoms with E-state index < -0.39 is 23.9 Å². The predicted octanol–water partition coefficient (Wildman–Crippen LogP) is 25.7. The van der Waals surface area contributed by atoms with Crippen LogP contribution in [-0.2, 0) is 51.8 Å². The molecule has 0 atom stereocenters. The molecular formula is C118H125F3N4O16. The van der Waals surface area contributed by atoms with E-state index >= 15 is 0 Å². The van der Waals surface area contributed by atoms with E-state index in [9.17, 15) is 51.5 Å². The third-order valence-corrected chi connectivity index (χ3v) is 25.2. The molecular weight excluding hydrogens is 1790 g/mol. The second kappa shape index (κ2) is 53.5. The smallest absolute Gasteiger partial charge is 0.303 e. The molecule has 4 amide bonds. The number of hydrogen-bond donors (Lipinski definition) is 4. The summed E-state index contributed by atoms with van der Waals surface area (Å²) in [5.74, 6) is -0.904. The monoisotopic (exact) mass is 1910 g/mol. The van der Waals surface area contributed by atoms with Gasteiger partial charge in [0.1, 0.15) is 40.4 Å². The summed E-state index contributed by atoms with van der Waals surface area (Å²) in [4.78, 5) is 104. The van der Waals surface area contributed by atoms with E-state index in [1.807, 2.05) is 183 Å². The van der Waals surface area contributed by atoms with E-state index in [0.29, 0.717) is 106 Å². The van der Waals surface area contributed by atoms with Crippen molar-refractivity contribution in [2.75, 3.05) is 26.4 Å². The number of carbonyl (C=O) groups excluding carboxylic acids is 4. The summed E-state index contributed by atoms with van der Waals surface area (Å²) in [6, 6.07) is 89.7. The molecule has 0 saturated heterocycles. The Balaban J connectivity index is 0.000000158. The van der Waals surface area contributed by atoms with Crippen molar-refractivity contribution in [3.63, 3.8) is 0 Å². The van der Waals surface area contributed by atoms with Gasteiger partial charge in [0.05, 0.1) is 26.4 Å². The van der Waals surface area contributed by atoms with E-state index in [4.69, 9.17) is 39.4 Å². The van der Waals surface area contributed by atoms with Crippen molar-refractivity contribution in [2.45, 2.75) is 218 Å². The van der Waals surface area contributed by atoms with Gasteiger partial charge in [-0.1, -0.05) is 195 Å². The number of carboxylic acids is 4. The number of halogens is 3. The van der Waals surface area contributed by atoms with Gasteiger partial charge in [0.2, 0.25) is 0 Å². The molecule has 0 spiro atoms. The zero-order valence-corrected chi connectivity index (χ0v) is 80.0. The van der Waals surface area contributed by atoms with Crippen molar-refractivity contribution in [3.8, 4) is 67.5 Å². The van der Waals surface area contributed by atoms with E-state index in [0.717, 1.165) is 188 Å². The highest BCUT2D eigenvalue weighted by molar-refractivity contribution is 5.98. The van der Waals surface area contributed by atoms with E-state index in [2.05, 4.69) is 31.2 Å². The minimum absolute atomic E-state index is 0.0124. The molecule has 12 aromatic rings. The molecule has 0 unspecified atom stereocenters. The highest BCUT2D eigenvalue weighted by atomic mass is 19.1. The van der Waals surface area contributed by atoms with Crippen LogP contribution in [0.3, 0.4) is 0 Å². The zero-order chi connectivity index (χ0) is 99.2. The molecule has 16 rings (SSSR count). The molecule has 12 aromatic carbocycles. The van der Waals surface area contributed by atoms with Crippen molar-refractivity contribution in [1.29, 1.82) is 0 Å². The quantitative estimate of drug-likeness (QED) is 0.0258. The Morgan fingerprint density at radius 1 is 0.262 bits per heavy atom. The van der Waals surface area contributed by atoms with Crippen LogP contribution < -0.4 is 18.9 Å². The standard InChI is InChI=1S/C31H35NO4.3C29H30FNO4/c1-2-23-10-5-7-12-28(23)24-15-17-25(18-16-24)31(35)32(27-19-20-27)22-26-11-6-8-13-29(26)36-21-9-3-4-14-30(33)34;30-26-10-5-4-9-25(26)21-13-15-22(16-14-21)29(34)31(24-17-18-24)20-23-8-3-6-11-27(23)35-19-7-1-2-12-28(32)33;30-25-9-6-8-23(19-25)21-12-14-22(15-13-21)29(34)31(26-16-17-26)20-24-7-3-4-10-27(24)35-18-5-1-2-11-28(32)33;30-25-15-13-22(14-16-25)21-9-11-23(12-10-21)29(34)31(26-17-18-26)20-24-6-3-4-7-27(24)35-19-5-1-2-8-28(32)33/h5-8,10-13,15-18,27H,2-4,9,14,19-22H2,1H3,(H,33,34);3-6,8-11,13-16,24H,1-2,7,12,17-20H2,(H,32,33);3-4,6-10,12-15,19,26H,1-2,5,11,16-18,20H2,(H,32,33);3-4,6-7,9-16,26H,1-2,5,8,17-20H2,(H,32,33). The first kappa shape index (κ1) is 104. The number of ether oxygens (including phenoxy) is 4. The molecule has 734 valence electrons. The SMILES string of the molecule is CCc1ccccc1-c1ccc(C(=O)N(Cc2ccccc2OCCCCCC(=O)O)C2CC2)cc1.O=C(O)CCCCCOc1ccccc1CN(C(=O)c1ccc(-c2ccc(F)cc2)cc1)C1CC1.O=C(O)CCCCCOc1ccccc1CN(C(=O)c1ccc(-c2cccc(F)c2)cc1)C1CC1.O=C(O)CCCCCOc1ccccc1CN(C(=O)c1ccc(-c2ccccc2F)cc1)C1CC1. The predicted molar refractivity (Wildman–Crippen MR) is 541 cm³/mol. The number of para-hydroxylation sites is 4. The molecule has 23 heteroatoms. The number of nitrogens with zero attached hydrogens (tertiary/aromatic N) is 4. The number of carboxylic acid groups (broad SMARTS) is 4. The second-order valence-corrected chi connectivity index (χ2v) is 36.1. The highest BCUT2D eigenvalue weighted by Gasteiger charge is 2.38. The second-order valence-electron chi connectivity index (χ2n) is 36.1. The molecule has 0 aliphatic heterocycles. The maximum absolute atomic E-state index is 14.1. The number of rotatable bonds is 49. The molecule has 0 bridgehead atoms. The lowest BCUT2D eigenvalue weighted by Crippen LogP contribution is -2.32. The first-order chi connectivity index (χ1) is 68.6. The largest absolute Gasteiger partial charge is 0.493 e. The fourth-order valence-corrected chi connectivity index (χ4v) is 16.8. The Labute approximate surface area is 823 Å². The van der Waals surface area contributed by atoms with E-state index in [1.165, 1.54) is 41.5 Å². The number of aryl methyl sites for hydroxylation is 1. The molecule has 20 nitrogen and oxygen atoms in total. The van der Waals surface area contributed by atoms with Crippen LogP contribution in [0.25, 0.3) is 44.5 Å². The van der Waals surface area contributed by atoms with Crippen molar-refractivity contribution >= 4 is 47.5 Å². The summed E-state index contributed by atoms with van der Waals surface area (Å²) in [6.45, 7) is 6.12. The molecule has 4 aliphatic rings. The molecule has 0 aromatic heterocycles. The highest BCUT2D eigenvalue weighted by Crippen LogP contribution is 2.39. The van der Waals surface area contributed by atoms with E-state index in [1.54, 1.807) is 72.8 Å². The minimum atomic E-state index is -0.775. The van der Waals surface area contributed by atoms with Gasteiger partial charge < -0.3 is 59.0 Å². The van der Waals surface area contributed by atoms with Gasteiger partial charge in [0, 0.05) is 126 Å². The Bertz CT molecular complexity index is 6100. The lowest BCUT2D eigenvalue weighted by atomic mass is 9.97. The van der Waals surface area contributed by atoms with Crippen LogP contribution in [0, 0.1) is 17.5 Å². The Hall–Kier alpha value is -14.6. The lowest BCUT2D eigenvalue weighted by molar-refractivity contribution is -0.138. The Morgan fingerprint density at radius 2 is 0.525 bits per heavy atom. The van der Waals surface area contributed by atoms with Gasteiger partial charge in [-0.25, -0.2) is 13.2 Å². The number of benzene rings is 12. The van der Waals surface area contributed by atoms with Crippen LogP contribution >= 0.6 is 0 Å². The van der Waals surface area contributed by atoms with Crippen LogP contribution in [-0.4, -0.2) is 138 Å². The fraction of sp³-hybridized carbons (Fsp3) is 0.322. The summed E-state index contributed by atoms with van der Waals surface area (Å²) in [6.07, 6.45) is 18.6. The maximum atomic E-state index is 14.1. The average Bonchev–Trinajstić information content (AvgIpc) is 1.69. The van der Waals surface area contributed by atoms with Crippen LogP contribution in [0.5, 0.6) is 23.0 Å². The van der Waals surface area contributed by atoms with E-state index in [-0.39, 0.29) is 90.9 Å². The van der Waals surface area contributed by atoms with Gasteiger partial charge in [0.15, 0.2) is 0 Å². The molecule has 4 fully saturated rings. The van der Waals surface area contributed by atoms with Gasteiger partial charge in [-0.3, -0.25) is 38.4 Å². The minimum Gasteiger partial charge on any atom is -0.493 e. The van der Waals surface area contributed by atoms with Gasteiger partial charge >= 0.3 is 23.9 Å². The lowest BCUT2D eigenvalue weighted by Gasteiger charge is -2.24. The van der Waals surface area contributed by atoms with Crippen molar-refractivity contribution in [1.82, 2.24) is 19.6 Å².